The lowest BCUT2D eigenvalue weighted by Crippen LogP contribution is -2.50. The third kappa shape index (κ3) is 8.20. The van der Waals surface area contributed by atoms with Crippen LogP contribution >= 0.6 is 0 Å². The van der Waals surface area contributed by atoms with Crippen LogP contribution in [0.4, 0.5) is 0 Å². The summed E-state index contributed by atoms with van der Waals surface area (Å²) in [5.74, 6) is -4.02. The van der Waals surface area contributed by atoms with E-state index in [1.165, 1.54) is 11.7 Å². The number of carbonyl (C=O) groups excluding carboxylic acids is 5. The van der Waals surface area contributed by atoms with Crippen molar-refractivity contribution in [2.45, 2.75) is 72.9 Å². The molecule has 3 rings (SSSR count). The molecule has 0 aliphatic carbocycles. The number of nitrogens with zero attached hydrogens (tertiary/aromatic N) is 6. The minimum atomic E-state index is -1.53. The predicted molar refractivity (Wildman–Crippen MR) is 148 cm³/mol. The Balaban J connectivity index is 2.27. The molecule has 17 heteroatoms. The van der Waals surface area contributed by atoms with E-state index in [0.717, 1.165) is 43.5 Å². The highest BCUT2D eigenvalue weighted by Gasteiger charge is 2.39. The minimum absolute atomic E-state index is 0.150. The van der Waals surface area contributed by atoms with E-state index in [-0.39, 0.29) is 11.5 Å². The Morgan fingerprint density at radius 3 is 2.07 bits per heavy atom. The van der Waals surface area contributed by atoms with E-state index in [0.29, 0.717) is 11.0 Å². The van der Waals surface area contributed by atoms with Gasteiger partial charge in [-0.05, 0) is 47.5 Å². The van der Waals surface area contributed by atoms with Crippen molar-refractivity contribution in [3.8, 4) is 11.5 Å². The highest BCUT2D eigenvalue weighted by atomic mass is 16.6. The van der Waals surface area contributed by atoms with Gasteiger partial charge in [0.1, 0.15) is 13.2 Å². The summed E-state index contributed by atoms with van der Waals surface area (Å²) in [6, 6.07) is 3.40. The van der Waals surface area contributed by atoms with Gasteiger partial charge in [0.05, 0.1) is 24.7 Å². The van der Waals surface area contributed by atoms with E-state index in [1.807, 2.05) is 13.8 Å². The lowest BCUT2D eigenvalue weighted by atomic mass is 10.1. The number of aryl methyl sites for hydroxylation is 2. The van der Waals surface area contributed by atoms with Crippen LogP contribution in [0.15, 0.2) is 16.9 Å². The van der Waals surface area contributed by atoms with E-state index in [2.05, 4.69) is 25.2 Å². The molecule has 0 N–H and O–H groups in total. The maximum absolute atomic E-state index is 14.1. The van der Waals surface area contributed by atoms with Crippen molar-refractivity contribution in [1.82, 2.24) is 29.8 Å². The van der Waals surface area contributed by atoms with E-state index < -0.39 is 73.4 Å². The van der Waals surface area contributed by atoms with E-state index in [9.17, 15) is 28.8 Å². The second-order valence-corrected chi connectivity index (χ2v) is 9.71. The predicted octanol–water partition coefficient (Wildman–Crippen LogP) is 0.198. The average molecular weight is 617 g/mol. The van der Waals surface area contributed by atoms with Crippen LogP contribution in [0.25, 0.3) is 22.6 Å². The average Bonchev–Trinajstić information content (AvgIpc) is 3.38. The molecular weight excluding hydrogens is 584 g/mol. The molecule has 0 amide bonds. The smallest absolute Gasteiger partial charge is 0.327 e. The molecule has 0 fully saturated rings. The van der Waals surface area contributed by atoms with Gasteiger partial charge in [0.25, 0.3) is 5.56 Å². The zero-order valence-electron chi connectivity index (χ0n) is 25.2. The number of aromatic nitrogens is 6. The van der Waals surface area contributed by atoms with Crippen LogP contribution in [-0.2, 0) is 60.7 Å². The van der Waals surface area contributed by atoms with E-state index in [1.54, 1.807) is 12.1 Å². The second kappa shape index (κ2) is 14.3. The first-order chi connectivity index (χ1) is 20.7. The number of hydrogen-bond acceptors (Lipinski definition) is 15. The van der Waals surface area contributed by atoms with Crippen molar-refractivity contribution < 1.29 is 47.7 Å². The summed E-state index contributed by atoms with van der Waals surface area (Å²) in [6.07, 6.45) is -4.42. The lowest BCUT2D eigenvalue weighted by molar-refractivity contribution is -0.190. The number of tetrazole rings is 1. The molecule has 0 saturated carbocycles. The summed E-state index contributed by atoms with van der Waals surface area (Å²) < 4.78 is 28.2. The Kier molecular flexibility index (Phi) is 10.8. The Morgan fingerprint density at radius 2 is 1.48 bits per heavy atom. The maximum atomic E-state index is 14.1. The van der Waals surface area contributed by atoms with Gasteiger partial charge >= 0.3 is 29.8 Å². The van der Waals surface area contributed by atoms with Crippen LogP contribution in [0.3, 0.4) is 0 Å². The number of fused-ring (bicyclic) bond motifs is 1. The molecule has 3 aromatic rings. The standard InChI is InChI=1S/C27H32N6O11/c1-13-8-19-20(9-14(13)2)32(27(39)24(28-19)26-29-30-31-33(26)11-23(38)40-7)10-21(42-16(4)35)25(44-18(6)37)22(43-17(5)36)12-41-15(3)34/h8-9,21-22,25H,10-12H2,1-7H3/t21-,22+,25-/m0/s1. The number of hydrogen-bond donors (Lipinski definition) is 0. The molecule has 0 unspecified atom stereocenters. The largest absolute Gasteiger partial charge is 0.468 e. The molecule has 1 aromatic carbocycles. The molecule has 0 bridgehead atoms. The number of methoxy groups -OCH3 is 1. The van der Waals surface area contributed by atoms with Crippen molar-refractivity contribution in [2.75, 3.05) is 13.7 Å². The molecule has 2 heterocycles. The third-order valence-corrected chi connectivity index (χ3v) is 6.29. The summed E-state index contributed by atoms with van der Waals surface area (Å²) in [6.45, 7) is 6.60. The SMILES string of the molecule is COC(=O)Cn1nnnc1-c1nc2cc(C)c(C)cc2n(C[C@H](OC(C)=O)[C@H](OC(C)=O)[C@@H](COC(C)=O)OC(C)=O)c1=O. The van der Waals surface area contributed by atoms with Crippen molar-refractivity contribution in [2.24, 2.45) is 0 Å². The molecule has 0 saturated heterocycles. The van der Waals surface area contributed by atoms with Crippen molar-refractivity contribution >= 4 is 40.9 Å². The molecule has 0 spiro atoms. The van der Waals surface area contributed by atoms with Crippen LogP contribution in [0.5, 0.6) is 0 Å². The van der Waals surface area contributed by atoms with Crippen LogP contribution in [0.1, 0.15) is 38.8 Å². The Bertz CT molecular complexity index is 1650. The molecule has 0 aliphatic heterocycles. The summed E-state index contributed by atoms with van der Waals surface area (Å²) >= 11 is 0. The fraction of sp³-hybridized carbons (Fsp3) is 0.481. The minimum Gasteiger partial charge on any atom is -0.468 e. The van der Waals surface area contributed by atoms with Gasteiger partial charge in [-0.25, -0.2) is 9.67 Å². The topological polar surface area (TPSA) is 210 Å². The maximum Gasteiger partial charge on any atom is 0.327 e. The fourth-order valence-corrected chi connectivity index (χ4v) is 4.28. The van der Waals surface area contributed by atoms with Crippen molar-refractivity contribution in [3.05, 3.63) is 33.6 Å². The first kappa shape index (κ1) is 33.3. The van der Waals surface area contributed by atoms with E-state index in [4.69, 9.17) is 18.9 Å². The van der Waals surface area contributed by atoms with Crippen molar-refractivity contribution in [1.29, 1.82) is 0 Å². The van der Waals surface area contributed by atoms with Crippen LogP contribution in [0, 0.1) is 13.8 Å². The fourth-order valence-electron chi connectivity index (χ4n) is 4.28. The number of carbonyl (C=O) groups is 5. The van der Waals surface area contributed by atoms with Gasteiger partial charge < -0.3 is 28.3 Å². The van der Waals surface area contributed by atoms with E-state index >= 15 is 0 Å². The Labute approximate surface area is 250 Å². The molecule has 44 heavy (non-hydrogen) atoms. The first-order valence-corrected chi connectivity index (χ1v) is 13.2. The lowest BCUT2D eigenvalue weighted by Gasteiger charge is -2.32. The summed E-state index contributed by atoms with van der Waals surface area (Å²) in [5.41, 5.74) is 1.24. The molecule has 0 aliphatic rings. The van der Waals surface area contributed by atoms with Crippen LogP contribution in [-0.4, -0.2) is 91.6 Å². The van der Waals surface area contributed by atoms with Gasteiger partial charge in [-0.1, -0.05) is 0 Å². The van der Waals surface area contributed by atoms with Gasteiger partial charge in [0, 0.05) is 27.7 Å². The van der Waals surface area contributed by atoms with Crippen LogP contribution < -0.4 is 5.56 Å². The van der Waals surface area contributed by atoms with Gasteiger partial charge in [-0.2, -0.15) is 0 Å². The zero-order valence-corrected chi connectivity index (χ0v) is 25.2. The second-order valence-electron chi connectivity index (χ2n) is 9.71. The monoisotopic (exact) mass is 616 g/mol. The van der Waals surface area contributed by atoms with Gasteiger partial charge in [-0.15, -0.1) is 5.10 Å². The van der Waals surface area contributed by atoms with Gasteiger partial charge in [-0.3, -0.25) is 28.8 Å². The third-order valence-electron chi connectivity index (χ3n) is 6.29. The summed E-state index contributed by atoms with van der Waals surface area (Å²) in [4.78, 5) is 78.6. The summed E-state index contributed by atoms with van der Waals surface area (Å²) in [5, 5.41) is 11.2. The normalized spacial score (nSPS) is 13.0. The Hall–Kier alpha value is -5.22. The first-order valence-electron chi connectivity index (χ1n) is 13.2. The molecule has 2 aromatic heterocycles. The molecular formula is C27H32N6O11. The zero-order chi connectivity index (χ0) is 32.7. The van der Waals surface area contributed by atoms with Crippen molar-refractivity contribution in [3.63, 3.8) is 0 Å². The van der Waals surface area contributed by atoms with Crippen LogP contribution in [0.2, 0.25) is 0 Å². The number of rotatable bonds is 12. The quantitative estimate of drug-likeness (QED) is 0.196. The number of esters is 5. The highest BCUT2D eigenvalue weighted by molar-refractivity contribution is 5.79. The van der Waals surface area contributed by atoms with Gasteiger partial charge in [0.15, 0.2) is 24.0 Å². The number of benzene rings is 1. The number of ether oxygens (including phenoxy) is 5. The molecule has 0 radical (unpaired) electrons. The molecule has 3 atom stereocenters. The highest BCUT2D eigenvalue weighted by Crippen LogP contribution is 2.23. The van der Waals surface area contributed by atoms with Gasteiger partial charge in [0.2, 0.25) is 5.82 Å². The molecule has 17 nitrogen and oxygen atoms in total. The molecule has 236 valence electrons. The summed E-state index contributed by atoms with van der Waals surface area (Å²) in [7, 11) is 1.18. The Morgan fingerprint density at radius 1 is 0.864 bits per heavy atom.